The van der Waals surface area contributed by atoms with Crippen LogP contribution < -0.4 is 10.6 Å². The maximum atomic E-state index is 13.5. The molecule has 2 aromatic rings. The zero-order valence-corrected chi connectivity index (χ0v) is 20.5. The van der Waals surface area contributed by atoms with Crippen LogP contribution in [-0.2, 0) is 20.5 Å². The molecule has 0 bridgehead atoms. The van der Waals surface area contributed by atoms with Gasteiger partial charge in [0.05, 0.1) is 23.5 Å². The summed E-state index contributed by atoms with van der Waals surface area (Å²) in [7, 11) is 0. The number of ether oxygens (including phenoxy) is 1. The van der Waals surface area contributed by atoms with Gasteiger partial charge in [-0.2, -0.15) is 26.3 Å². The van der Waals surface area contributed by atoms with Crippen LogP contribution in [0.4, 0.5) is 36.6 Å². The molecule has 3 rings (SSSR count). The number of carbonyl (C=O) groups is 2. The van der Waals surface area contributed by atoms with Gasteiger partial charge in [0, 0.05) is 24.6 Å². The van der Waals surface area contributed by atoms with Crippen molar-refractivity contribution in [1.29, 1.82) is 0 Å². The van der Waals surface area contributed by atoms with Gasteiger partial charge < -0.3 is 15.4 Å². The molecule has 2 N–H and O–H groups in total. The molecule has 0 aliphatic carbocycles. The molecule has 39 heavy (non-hydrogen) atoms. The summed E-state index contributed by atoms with van der Waals surface area (Å²) >= 11 is 0. The van der Waals surface area contributed by atoms with Gasteiger partial charge in [0.15, 0.2) is 12.4 Å². The second-order valence-corrected chi connectivity index (χ2v) is 8.56. The first-order valence-electron chi connectivity index (χ1n) is 11.2. The van der Waals surface area contributed by atoms with Crippen LogP contribution in [0.25, 0.3) is 11.3 Å². The number of alkyl halides is 6. The third-order valence-electron chi connectivity index (χ3n) is 5.48. The number of nitrogens with zero attached hydrogens (tertiary/aromatic N) is 3. The highest BCUT2D eigenvalue weighted by molar-refractivity contribution is 5.97. The molecule has 0 radical (unpaired) electrons. The summed E-state index contributed by atoms with van der Waals surface area (Å²) in [6.07, 6.45) is -6.95. The summed E-state index contributed by atoms with van der Waals surface area (Å²) in [6.45, 7) is 4.61. The van der Waals surface area contributed by atoms with E-state index in [9.17, 15) is 40.3 Å². The topological polar surface area (TPSA) is 98.1 Å². The molecule has 0 unspecified atom stereocenters. The molecule has 0 spiro atoms. The lowest BCUT2D eigenvalue weighted by molar-refractivity contribution is -0.163. The van der Waals surface area contributed by atoms with Crippen molar-refractivity contribution in [2.45, 2.75) is 26.2 Å². The predicted octanol–water partition coefficient (Wildman–Crippen LogP) is 4.96. The van der Waals surface area contributed by atoms with Crippen molar-refractivity contribution in [3.05, 3.63) is 66.1 Å². The lowest BCUT2D eigenvalue weighted by Crippen LogP contribution is -2.28. The summed E-state index contributed by atoms with van der Waals surface area (Å²) in [6, 6.07) is 2.96. The van der Waals surface area contributed by atoms with Crippen molar-refractivity contribution in [2.75, 3.05) is 18.5 Å². The van der Waals surface area contributed by atoms with Crippen LogP contribution in [0.2, 0.25) is 0 Å². The minimum absolute atomic E-state index is 0.00134. The quantitative estimate of drug-likeness (QED) is 0.270. The van der Waals surface area contributed by atoms with Crippen LogP contribution in [0.15, 0.2) is 54.7 Å². The van der Waals surface area contributed by atoms with Gasteiger partial charge in [-0.05, 0) is 30.7 Å². The predicted molar refractivity (Wildman–Crippen MR) is 125 cm³/mol. The van der Waals surface area contributed by atoms with E-state index < -0.39 is 54.0 Å². The number of nitrogens with one attached hydrogen (secondary N) is 2. The van der Waals surface area contributed by atoms with Crippen molar-refractivity contribution < 1.29 is 45.1 Å². The van der Waals surface area contributed by atoms with Crippen LogP contribution in [-0.4, -0.2) is 45.9 Å². The van der Waals surface area contributed by atoms with E-state index in [0.29, 0.717) is 12.1 Å². The summed E-state index contributed by atoms with van der Waals surface area (Å²) in [5, 5.41) is 9.22. The molecule has 2 atom stereocenters. The Kier molecular flexibility index (Phi) is 8.51. The SMILES string of the molecule is C=C(/C=C(\C=C(/C)F)OCC(F)(F)F)c1cc(NC(=O)[C@H]2CNC(=O)[C@@H]2C)nn1-c1ccc(C(F)(F)F)nc1. The van der Waals surface area contributed by atoms with E-state index >= 15 is 0 Å². The standard InChI is InChI=1S/C24H22F7N5O3/c1-12(6-16(7-13(2)25)39-11-23(26,27)28)18-8-20(34-22(38)17-10-33-21(37)14(17)3)35-36(18)15-4-5-19(32-9-15)24(29,30)31/h4-9,14,17H,1,10-11H2,2-3H3,(H,33,37)(H,34,35,38)/b13-7+,16-6+/t14-,17+/m1/s1. The first kappa shape index (κ1) is 29.4. The van der Waals surface area contributed by atoms with E-state index in [0.717, 1.165) is 29.9 Å². The first-order chi connectivity index (χ1) is 18.0. The highest BCUT2D eigenvalue weighted by Crippen LogP contribution is 2.30. The summed E-state index contributed by atoms with van der Waals surface area (Å²) in [4.78, 5) is 27.8. The lowest BCUT2D eigenvalue weighted by atomic mass is 9.97. The van der Waals surface area contributed by atoms with Crippen LogP contribution in [0.1, 0.15) is 25.2 Å². The van der Waals surface area contributed by atoms with E-state index in [2.05, 4.69) is 32.0 Å². The van der Waals surface area contributed by atoms with Gasteiger partial charge >= 0.3 is 12.4 Å². The number of anilines is 1. The van der Waals surface area contributed by atoms with E-state index in [1.165, 1.54) is 6.07 Å². The van der Waals surface area contributed by atoms with E-state index in [-0.39, 0.29) is 35.2 Å². The number of hydrogen-bond donors (Lipinski definition) is 2. The van der Waals surface area contributed by atoms with Crippen LogP contribution in [0, 0.1) is 11.8 Å². The molecule has 3 heterocycles. The average Bonchev–Trinajstić information content (AvgIpc) is 3.39. The molecule has 1 aliphatic heterocycles. The van der Waals surface area contributed by atoms with E-state index in [1.54, 1.807) is 6.92 Å². The average molecular weight is 561 g/mol. The summed E-state index contributed by atoms with van der Waals surface area (Å²) < 4.78 is 96.1. The number of aromatic nitrogens is 3. The Morgan fingerprint density at radius 3 is 2.46 bits per heavy atom. The van der Waals surface area contributed by atoms with Crippen LogP contribution in [0.5, 0.6) is 0 Å². The van der Waals surface area contributed by atoms with Gasteiger partial charge in [0.2, 0.25) is 11.8 Å². The van der Waals surface area contributed by atoms with Gasteiger partial charge in [-0.25, -0.2) is 14.1 Å². The Morgan fingerprint density at radius 1 is 1.26 bits per heavy atom. The number of allylic oxidation sites excluding steroid dienone is 4. The molecule has 1 aliphatic rings. The molecular weight excluding hydrogens is 539 g/mol. The van der Waals surface area contributed by atoms with Crippen LogP contribution in [0.3, 0.4) is 0 Å². The molecule has 2 amide bonds. The fraction of sp³-hybridized carbons (Fsp3) is 0.333. The zero-order chi connectivity index (χ0) is 29.1. The third kappa shape index (κ3) is 7.67. The molecule has 15 heteroatoms. The fourth-order valence-corrected chi connectivity index (χ4v) is 3.55. The fourth-order valence-electron chi connectivity index (χ4n) is 3.55. The molecule has 0 saturated carbocycles. The number of halogens is 7. The third-order valence-corrected chi connectivity index (χ3v) is 5.48. The maximum Gasteiger partial charge on any atom is 0.433 e. The smallest absolute Gasteiger partial charge is 0.433 e. The minimum atomic E-state index is -4.72. The Bertz CT molecular complexity index is 1310. The van der Waals surface area contributed by atoms with Gasteiger partial charge in [-0.1, -0.05) is 13.5 Å². The maximum absolute atomic E-state index is 13.5. The van der Waals surface area contributed by atoms with Crippen molar-refractivity contribution in [3.63, 3.8) is 0 Å². The lowest BCUT2D eigenvalue weighted by Gasteiger charge is -2.12. The molecule has 1 saturated heterocycles. The molecule has 1 fully saturated rings. The largest absolute Gasteiger partial charge is 0.484 e. The van der Waals surface area contributed by atoms with Crippen molar-refractivity contribution in [3.8, 4) is 5.69 Å². The van der Waals surface area contributed by atoms with Gasteiger partial charge in [0.25, 0.3) is 0 Å². The first-order valence-corrected chi connectivity index (χ1v) is 11.2. The normalized spacial score (nSPS) is 18.6. The van der Waals surface area contributed by atoms with Crippen molar-refractivity contribution in [2.24, 2.45) is 11.8 Å². The van der Waals surface area contributed by atoms with Crippen molar-refractivity contribution in [1.82, 2.24) is 20.1 Å². The summed E-state index contributed by atoms with van der Waals surface area (Å²) in [5.41, 5.74) is -1.30. The number of rotatable bonds is 8. The summed E-state index contributed by atoms with van der Waals surface area (Å²) in [5.74, 6) is -3.79. The highest BCUT2D eigenvalue weighted by atomic mass is 19.4. The minimum Gasteiger partial charge on any atom is -0.484 e. The molecule has 210 valence electrons. The highest BCUT2D eigenvalue weighted by Gasteiger charge is 2.36. The molecule has 8 nitrogen and oxygen atoms in total. The molecular formula is C24H22F7N5O3. The second-order valence-electron chi connectivity index (χ2n) is 8.56. The number of hydrogen-bond acceptors (Lipinski definition) is 5. The van der Waals surface area contributed by atoms with Gasteiger partial charge in [-0.15, -0.1) is 5.10 Å². The number of amides is 2. The Labute approximate surface area is 217 Å². The zero-order valence-electron chi connectivity index (χ0n) is 20.5. The Balaban J connectivity index is 2.01. The van der Waals surface area contributed by atoms with E-state index in [4.69, 9.17) is 0 Å². The monoisotopic (exact) mass is 561 g/mol. The Hall–Kier alpha value is -4.17. The number of pyridine rings is 1. The van der Waals surface area contributed by atoms with E-state index in [1.807, 2.05) is 0 Å². The second kappa shape index (κ2) is 11.3. The van der Waals surface area contributed by atoms with Crippen molar-refractivity contribution >= 4 is 23.2 Å². The van der Waals surface area contributed by atoms with Crippen LogP contribution >= 0.6 is 0 Å². The number of carbonyl (C=O) groups excluding carboxylic acids is 2. The Morgan fingerprint density at radius 2 is 1.95 bits per heavy atom. The van der Waals surface area contributed by atoms with Gasteiger partial charge in [0.1, 0.15) is 17.3 Å². The molecule has 0 aromatic carbocycles. The van der Waals surface area contributed by atoms with Gasteiger partial charge in [-0.3, -0.25) is 9.59 Å². The molecule has 2 aromatic heterocycles.